The van der Waals surface area contributed by atoms with Gasteiger partial charge in [-0.1, -0.05) is 27.7 Å². The lowest BCUT2D eigenvalue weighted by Crippen LogP contribution is -2.39. The number of ether oxygens (including phenoxy) is 4. The van der Waals surface area contributed by atoms with Crippen molar-refractivity contribution >= 4 is 11.8 Å². The van der Waals surface area contributed by atoms with Gasteiger partial charge in [0.2, 0.25) is 0 Å². The van der Waals surface area contributed by atoms with E-state index in [1.165, 1.54) is 0 Å². The third-order valence-electron chi connectivity index (χ3n) is 6.20. The Hall–Kier alpha value is -2.12. The largest absolute Gasteiger partial charge is 0.493 e. The Kier molecular flexibility index (Phi) is 9.97. The zero-order valence-corrected chi connectivity index (χ0v) is 20.3. The summed E-state index contributed by atoms with van der Waals surface area (Å²) in [5.74, 6) is 0.807. The summed E-state index contributed by atoms with van der Waals surface area (Å²) < 4.78 is 21.8. The predicted octanol–water partition coefficient (Wildman–Crippen LogP) is 3.87. The number of benzene rings is 1. The van der Waals surface area contributed by atoms with Crippen LogP contribution in [0.2, 0.25) is 0 Å². The van der Waals surface area contributed by atoms with Crippen LogP contribution in [0.5, 0.6) is 11.5 Å². The van der Waals surface area contributed by atoms with E-state index in [4.69, 9.17) is 24.7 Å². The second-order valence-electron chi connectivity index (χ2n) is 9.24. The molecule has 1 aromatic carbocycles. The quantitative estimate of drug-likeness (QED) is 0.277. The number of ketones is 1. The first-order valence-corrected chi connectivity index (χ1v) is 11.5. The van der Waals surface area contributed by atoms with Crippen LogP contribution in [0.1, 0.15) is 57.3 Å². The van der Waals surface area contributed by atoms with Crippen LogP contribution >= 0.6 is 0 Å². The highest BCUT2D eigenvalue weighted by atomic mass is 16.6. The third-order valence-corrected chi connectivity index (χ3v) is 6.20. The molecular formula is C25H39NO6. The first kappa shape index (κ1) is 26.1. The number of carbonyl (C=O) groups is 2. The van der Waals surface area contributed by atoms with Crippen LogP contribution < -0.4 is 15.2 Å². The number of carbonyl (C=O) groups excluding carboxylic acids is 2. The Labute approximate surface area is 191 Å². The van der Waals surface area contributed by atoms with Gasteiger partial charge in [0.15, 0.2) is 17.3 Å². The average Bonchev–Trinajstić information content (AvgIpc) is 3.16. The number of esters is 1. The molecule has 0 saturated carbocycles. The summed E-state index contributed by atoms with van der Waals surface area (Å²) in [5.41, 5.74) is 7.00. The molecule has 4 atom stereocenters. The smallest absolute Gasteiger partial charge is 0.309 e. The van der Waals surface area contributed by atoms with E-state index in [2.05, 4.69) is 0 Å². The molecule has 2 N–H and O–H groups in total. The lowest BCUT2D eigenvalue weighted by molar-refractivity contribution is -0.145. The Morgan fingerprint density at radius 2 is 1.88 bits per heavy atom. The molecule has 2 rings (SSSR count). The normalized spacial score (nSPS) is 20.3. The first-order valence-electron chi connectivity index (χ1n) is 11.5. The number of hydrogen-bond donors (Lipinski definition) is 1. The van der Waals surface area contributed by atoms with Gasteiger partial charge in [-0.05, 0) is 42.9 Å². The molecule has 0 spiro atoms. The molecule has 1 aromatic rings. The molecule has 7 nitrogen and oxygen atoms in total. The number of rotatable bonds is 13. The van der Waals surface area contributed by atoms with Gasteiger partial charge < -0.3 is 24.7 Å². The molecule has 0 unspecified atom stereocenters. The monoisotopic (exact) mass is 449 g/mol. The van der Waals surface area contributed by atoms with Gasteiger partial charge in [-0.25, -0.2) is 0 Å². The number of methoxy groups -OCH3 is 2. The maximum atomic E-state index is 13.4. The zero-order chi connectivity index (χ0) is 23.8. The summed E-state index contributed by atoms with van der Waals surface area (Å²) in [7, 11) is 3.22. The number of cyclic esters (lactones) is 1. The van der Waals surface area contributed by atoms with Gasteiger partial charge >= 0.3 is 5.97 Å². The summed E-state index contributed by atoms with van der Waals surface area (Å²) in [6.45, 7) is 9.11. The highest BCUT2D eigenvalue weighted by molar-refractivity contribution is 5.98. The van der Waals surface area contributed by atoms with E-state index >= 15 is 0 Å². The van der Waals surface area contributed by atoms with Gasteiger partial charge in [-0.3, -0.25) is 9.59 Å². The van der Waals surface area contributed by atoms with Gasteiger partial charge in [-0.15, -0.1) is 0 Å². The summed E-state index contributed by atoms with van der Waals surface area (Å²) in [4.78, 5) is 25.6. The summed E-state index contributed by atoms with van der Waals surface area (Å²) in [6, 6.07) is 4.86. The van der Waals surface area contributed by atoms with Crippen molar-refractivity contribution in [3.8, 4) is 11.5 Å². The lowest BCUT2D eigenvalue weighted by atomic mass is 9.81. The van der Waals surface area contributed by atoms with Gasteiger partial charge in [0.25, 0.3) is 0 Å². The molecular weight excluding hydrogens is 410 g/mol. The van der Waals surface area contributed by atoms with E-state index < -0.39 is 0 Å². The molecule has 32 heavy (non-hydrogen) atoms. The van der Waals surface area contributed by atoms with Gasteiger partial charge in [0.05, 0.1) is 19.6 Å². The summed E-state index contributed by atoms with van der Waals surface area (Å²) in [6.07, 6.45) is 1.45. The van der Waals surface area contributed by atoms with E-state index in [0.29, 0.717) is 43.1 Å². The molecule has 0 bridgehead atoms. The molecule has 0 aromatic heterocycles. The van der Waals surface area contributed by atoms with Crippen LogP contribution in [0.4, 0.5) is 0 Å². The number of nitrogens with two attached hydrogens (primary N) is 1. The van der Waals surface area contributed by atoms with Crippen molar-refractivity contribution in [2.45, 2.75) is 59.1 Å². The van der Waals surface area contributed by atoms with Gasteiger partial charge in [-0.2, -0.15) is 0 Å². The molecule has 1 heterocycles. The van der Waals surface area contributed by atoms with Crippen molar-refractivity contribution in [2.24, 2.45) is 29.4 Å². The Balaban J connectivity index is 2.13. The SMILES string of the molecule is COCCCOc1cc(C(=O)[C@@H](C[C@H](N)[C@@H]2C[C@@H](C(C)C)C(=O)O2)C(C)C)ccc1OC. The Morgan fingerprint density at radius 3 is 2.44 bits per heavy atom. The Morgan fingerprint density at radius 1 is 1.16 bits per heavy atom. The fourth-order valence-corrected chi connectivity index (χ4v) is 4.11. The molecule has 1 saturated heterocycles. The minimum Gasteiger partial charge on any atom is -0.493 e. The van der Waals surface area contributed by atoms with Gasteiger partial charge in [0, 0.05) is 37.7 Å². The first-order chi connectivity index (χ1) is 15.2. The highest BCUT2D eigenvalue weighted by Crippen LogP contribution is 2.34. The molecule has 180 valence electrons. The number of hydrogen-bond acceptors (Lipinski definition) is 7. The average molecular weight is 450 g/mol. The van der Waals surface area contributed by atoms with Crippen molar-refractivity contribution in [1.29, 1.82) is 0 Å². The molecule has 0 amide bonds. The summed E-state index contributed by atoms with van der Waals surface area (Å²) >= 11 is 0. The standard InChI is InChI=1S/C25H39NO6/c1-15(2)18(13-20(26)22-14-19(16(3)4)25(28)32-22)24(27)17-8-9-21(30-6)23(12-17)31-11-7-10-29-5/h8-9,12,15-16,18-20,22H,7,10-11,13-14,26H2,1-6H3/t18-,19-,20-,22-/m0/s1. The highest BCUT2D eigenvalue weighted by Gasteiger charge is 2.40. The molecule has 1 aliphatic rings. The fraction of sp³-hybridized carbons (Fsp3) is 0.680. The van der Waals surface area contributed by atoms with Crippen LogP contribution in [0, 0.1) is 23.7 Å². The Bertz CT molecular complexity index is 763. The summed E-state index contributed by atoms with van der Waals surface area (Å²) in [5, 5.41) is 0. The van der Waals surface area contributed by atoms with E-state index in [-0.39, 0.29) is 47.6 Å². The van der Waals surface area contributed by atoms with Gasteiger partial charge in [0.1, 0.15) is 6.10 Å². The van der Waals surface area contributed by atoms with E-state index in [1.807, 2.05) is 27.7 Å². The third kappa shape index (κ3) is 6.69. The second kappa shape index (κ2) is 12.2. The molecule has 0 aliphatic carbocycles. The second-order valence-corrected chi connectivity index (χ2v) is 9.24. The van der Waals surface area contributed by atoms with E-state index in [9.17, 15) is 9.59 Å². The van der Waals surface area contributed by atoms with Crippen LogP contribution in [0.25, 0.3) is 0 Å². The lowest BCUT2D eigenvalue weighted by Gasteiger charge is -2.26. The van der Waals surface area contributed by atoms with Crippen LogP contribution in [0.15, 0.2) is 18.2 Å². The fourth-order valence-electron chi connectivity index (χ4n) is 4.11. The van der Waals surface area contributed by atoms with E-state index in [1.54, 1.807) is 32.4 Å². The maximum absolute atomic E-state index is 13.4. The van der Waals surface area contributed by atoms with Crippen molar-refractivity contribution in [3.05, 3.63) is 23.8 Å². The van der Waals surface area contributed by atoms with Crippen molar-refractivity contribution in [3.63, 3.8) is 0 Å². The van der Waals surface area contributed by atoms with E-state index in [0.717, 1.165) is 6.42 Å². The number of Topliss-reactive ketones (excluding diaryl/α,β-unsaturated/α-hetero) is 1. The predicted molar refractivity (Wildman–Crippen MR) is 123 cm³/mol. The zero-order valence-electron chi connectivity index (χ0n) is 20.3. The minimum atomic E-state index is -0.387. The van der Waals surface area contributed by atoms with Crippen molar-refractivity contribution < 1.29 is 28.5 Å². The molecule has 1 fully saturated rings. The minimum absolute atomic E-state index is 0.00424. The topological polar surface area (TPSA) is 97.1 Å². The maximum Gasteiger partial charge on any atom is 0.309 e. The molecule has 7 heteroatoms. The molecule has 0 radical (unpaired) electrons. The van der Waals surface area contributed by atoms with Crippen molar-refractivity contribution in [2.75, 3.05) is 27.4 Å². The van der Waals surface area contributed by atoms with Crippen LogP contribution in [0.3, 0.4) is 0 Å². The van der Waals surface area contributed by atoms with Crippen LogP contribution in [-0.4, -0.2) is 51.3 Å². The van der Waals surface area contributed by atoms with Crippen LogP contribution in [-0.2, 0) is 14.3 Å². The molecule has 1 aliphatic heterocycles. The van der Waals surface area contributed by atoms with Crippen molar-refractivity contribution in [1.82, 2.24) is 0 Å².